The van der Waals surface area contributed by atoms with Gasteiger partial charge in [-0.3, -0.25) is 9.59 Å². The van der Waals surface area contributed by atoms with Crippen LogP contribution >= 0.6 is 11.6 Å². The topological polar surface area (TPSA) is 79.8 Å². The lowest BCUT2D eigenvalue weighted by molar-refractivity contribution is -0.120. The maximum atomic E-state index is 13.6. The highest BCUT2D eigenvalue weighted by atomic mass is 35.5. The highest BCUT2D eigenvalue weighted by Gasteiger charge is 2.08. The van der Waals surface area contributed by atoms with Gasteiger partial charge >= 0.3 is 0 Å². The van der Waals surface area contributed by atoms with Crippen molar-refractivity contribution in [3.8, 4) is 5.75 Å². The minimum Gasteiger partial charge on any atom is -0.494 e. The number of halogens is 2. The SMILES string of the molecule is CCCCOc1ccc(C(=O)NCC(=O)N/N=C/c2c(F)cccc2Cl)cc1. The molecule has 0 bridgehead atoms. The van der Waals surface area contributed by atoms with Crippen molar-refractivity contribution in [2.45, 2.75) is 19.8 Å². The van der Waals surface area contributed by atoms with Gasteiger partial charge in [-0.1, -0.05) is 31.0 Å². The first-order chi connectivity index (χ1) is 13.5. The fourth-order valence-corrected chi connectivity index (χ4v) is 2.35. The number of hydrogen-bond acceptors (Lipinski definition) is 4. The van der Waals surface area contributed by atoms with Crippen molar-refractivity contribution in [1.82, 2.24) is 10.7 Å². The van der Waals surface area contributed by atoms with E-state index in [1.165, 1.54) is 18.2 Å². The second kappa shape index (κ2) is 11.0. The average molecular weight is 406 g/mol. The lowest BCUT2D eigenvalue weighted by Gasteiger charge is -2.07. The molecule has 2 N–H and O–H groups in total. The molecule has 0 unspecified atom stereocenters. The molecule has 0 atom stereocenters. The van der Waals surface area contributed by atoms with Crippen LogP contribution in [0.5, 0.6) is 5.75 Å². The van der Waals surface area contributed by atoms with Crippen LogP contribution in [0.25, 0.3) is 0 Å². The second-order valence-corrected chi connectivity index (χ2v) is 6.24. The van der Waals surface area contributed by atoms with E-state index in [-0.39, 0.29) is 17.1 Å². The number of hydrazone groups is 1. The van der Waals surface area contributed by atoms with Crippen molar-refractivity contribution >= 4 is 29.6 Å². The van der Waals surface area contributed by atoms with Crippen LogP contribution in [0.4, 0.5) is 4.39 Å². The minimum absolute atomic E-state index is 0.0646. The predicted octanol–water partition coefficient (Wildman–Crippen LogP) is 3.54. The Balaban J connectivity index is 1.79. The van der Waals surface area contributed by atoms with Gasteiger partial charge in [-0.05, 0) is 42.8 Å². The number of carbonyl (C=O) groups excluding carboxylic acids is 2. The molecule has 148 valence electrons. The molecule has 0 aliphatic rings. The number of carbonyl (C=O) groups is 2. The average Bonchev–Trinajstić information content (AvgIpc) is 2.69. The predicted molar refractivity (Wildman–Crippen MR) is 106 cm³/mol. The van der Waals surface area contributed by atoms with Gasteiger partial charge in [-0.2, -0.15) is 5.10 Å². The maximum absolute atomic E-state index is 13.6. The Hall–Kier alpha value is -2.93. The molecule has 0 heterocycles. The van der Waals surface area contributed by atoms with Crippen LogP contribution in [0.3, 0.4) is 0 Å². The smallest absolute Gasteiger partial charge is 0.259 e. The number of unbranched alkanes of at least 4 members (excludes halogenated alkanes) is 1. The van der Waals surface area contributed by atoms with Gasteiger partial charge in [0, 0.05) is 11.1 Å². The summed E-state index contributed by atoms with van der Waals surface area (Å²) in [4.78, 5) is 23.8. The lowest BCUT2D eigenvalue weighted by Crippen LogP contribution is -2.34. The fraction of sp³-hybridized carbons (Fsp3) is 0.250. The van der Waals surface area contributed by atoms with Crippen LogP contribution < -0.4 is 15.5 Å². The van der Waals surface area contributed by atoms with E-state index in [1.54, 1.807) is 24.3 Å². The van der Waals surface area contributed by atoms with Crippen LogP contribution in [0, 0.1) is 5.82 Å². The zero-order chi connectivity index (χ0) is 20.4. The molecule has 0 fully saturated rings. The first kappa shape index (κ1) is 21.4. The third kappa shape index (κ3) is 6.66. The molecule has 0 aliphatic heterocycles. The van der Waals surface area contributed by atoms with E-state index in [0.29, 0.717) is 17.9 Å². The normalized spacial score (nSPS) is 10.7. The molecule has 0 aliphatic carbocycles. The minimum atomic E-state index is -0.559. The third-order valence-corrected chi connectivity index (χ3v) is 4.00. The molecule has 2 aromatic rings. The van der Waals surface area contributed by atoms with Gasteiger partial charge in [0.25, 0.3) is 11.8 Å². The first-order valence-corrected chi connectivity index (χ1v) is 9.16. The zero-order valence-corrected chi connectivity index (χ0v) is 16.1. The molecule has 6 nitrogen and oxygen atoms in total. The van der Waals surface area contributed by atoms with Crippen molar-refractivity contribution in [3.63, 3.8) is 0 Å². The molecule has 0 saturated heterocycles. The largest absolute Gasteiger partial charge is 0.494 e. The summed E-state index contributed by atoms with van der Waals surface area (Å²) in [7, 11) is 0. The second-order valence-electron chi connectivity index (χ2n) is 5.84. The van der Waals surface area contributed by atoms with Gasteiger partial charge in [-0.15, -0.1) is 0 Å². The fourth-order valence-electron chi connectivity index (χ4n) is 2.14. The molecule has 2 rings (SSSR count). The summed E-state index contributed by atoms with van der Waals surface area (Å²) >= 11 is 5.85. The number of rotatable bonds is 9. The van der Waals surface area contributed by atoms with Crippen molar-refractivity contribution in [1.29, 1.82) is 0 Å². The van der Waals surface area contributed by atoms with E-state index < -0.39 is 17.6 Å². The van der Waals surface area contributed by atoms with E-state index in [9.17, 15) is 14.0 Å². The number of benzene rings is 2. The summed E-state index contributed by atoms with van der Waals surface area (Å²) in [6.45, 7) is 2.42. The van der Waals surface area contributed by atoms with Gasteiger partial charge in [0.2, 0.25) is 0 Å². The van der Waals surface area contributed by atoms with E-state index in [2.05, 4.69) is 22.8 Å². The number of amides is 2. The molecular weight excluding hydrogens is 385 g/mol. The van der Waals surface area contributed by atoms with Gasteiger partial charge in [0.1, 0.15) is 11.6 Å². The Morgan fingerprint density at radius 2 is 1.96 bits per heavy atom. The Kier molecular flexibility index (Phi) is 8.42. The molecule has 8 heteroatoms. The Labute approximate surface area is 167 Å². The Bertz CT molecular complexity index is 821. The monoisotopic (exact) mass is 405 g/mol. The van der Waals surface area contributed by atoms with Crippen LogP contribution in [0.2, 0.25) is 5.02 Å². The maximum Gasteiger partial charge on any atom is 0.259 e. The lowest BCUT2D eigenvalue weighted by atomic mass is 10.2. The van der Waals surface area contributed by atoms with Crippen LogP contribution in [0.15, 0.2) is 47.6 Å². The van der Waals surface area contributed by atoms with Crippen molar-refractivity contribution in [2.24, 2.45) is 5.10 Å². The van der Waals surface area contributed by atoms with Crippen LogP contribution in [0.1, 0.15) is 35.7 Å². The summed E-state index contributed by atoms with van der Waals surface area (Å²) in [5.41, 5.74) is 2.67. The molecule has 0 radical (unpaired) electrons. The molecule has 2 amide bonds. The molecule has 0 aromatic heterocycles. The number of nitrogens with zero attached hydrogens (tertiary/aromatic N) is 1. The standard InChI is InChI=1S/C20H21ClFN3O3/c1-2-3-11-28-15-9-7-14(8-10-15)20(27)23-13-19(26)25-24-12-16-17(21)5-4-6-18(16)22/h4-10,12H,2-3,11,13H2,1H3,(H,23,27)(H,25,26)/b24-12+. The summed E-state index contributed by atoms with van der Waals surface area (Å²) in [6, 6.07) is 10.8. The molecule has 28 heavy (non-hydrogen) atoms. The third-order valence-electron chi connectivity index (χ3n) is 3.68. The zero-order valence-electron chi connectivity index (χ0n) is 15.4. The number of ether oxygens (including phenoxy) is 1. The van der Waals surface area contributed by atoms with Gasteiger partial charge in [0.15, 0.2) is 0 Å². The van der Waals surface area contributed by atoms with Crippen molar-refractivity contribution in [3.05, 3.63) is 64.4 Å². The van der Waals surface area contributed by atoms with Gasteiger partial charge in [-0.25, -0.2) is 9.82 Å². The van der Waals surface area contributed by atoms with Gasteiger partial charge < -0.3 is 10.1 Å². The molecule has 0 saturated carbocycles. The number of hydrogen-bond donors (Lipinski definition) is 2. The van der Waals surface area contributed by atoms with E-state index in [0.717, 1.165) is 19.1 Å². The molecule has 2 aromatic carbocycles. The summed E-state index contributed by atoms with van der Waals surface area (Å²) in [5.74, 6) is -0.835. The van der Waals surface area contributed by atoms with Crippen molar-refractivity contribution < 1.29 is 18.7 Å². The van der Waals surface area contributed by atoms with E-state index >= 15 is 0 Å². The summed E-state index contributed by atoms with van der Waals surface area (Å²) in [6.07, 6.45) is 3.11. The first-order valence-electron chi connectivity index (χ1n) is 8.78. The highest BCUT2D eigenvalue weighted by molar-refractivity contribution is 6.33. The summed E-state index contributed by atoms with van der Waals surface area (Å²) in [5, 5.41) is 6.29. The van der Waals surface area contributed by atoms with Gasteiger partial charge in [0.05, 0.1) is 24.4 Å². The van der Waals surface area contributed by atoms with E-state index in [4.69, 9.17) is 16.3 Å². The quantitative estimate of drug-likeness (QED) is 0.380. The Morgan fingerprint density at radius 1 is 1.21 bits per heavy atom. The van der Waals surface area contributed by atoms with Crippen LogP contribution in [-0.2, 0) is 4.79 Å². The molecular formula is C20H21ClFN3O3. The summed E-state index contributed by atoms with van der Waals surface area (Å²) < 4.78 is 19.1. The van der Waals surface area contributed by atoms with Crippen molar-refractivity contribution in [2.75, 3.05) is 13.2 Å². The van der Waals surface area contributed by atoms with Crippen LogP contribution in [-0.4, -0.2) is 31.2 Å². The number of nitrogens with one attached hydrogen (secondary N) is 2. The molecule has 0 spiro atoms. The Morgan fingerprint density at radius 3 is 2.64 bits per heavy atom. The van der Waals surface area contributed by atoms with E-state index in [1.807, 2.05) is 0 Å². The highest BCUT2D eigenvalue weighted by Crippen LogP contribution is 2.16.